The molecule has 1 aromatic rings. The van der Waals surface area contributed by atoms with E-state index in [1.165, 1.54) is 24.8 Å². The van der Waals surface area contributed by atoms with E-state index in [1.807, 2.05) is 0 Å². The Morgan fingerprint density at radius 2 is 2.36 bits per heavy atom. The van der Waals surface area contributed by atoms with Gasteiger partial charge in [0.1, 0.15) is 0 Å². The number of nitrogens with zero attached hydrogens (tertiary/aromatic N) is 1. The maximum atomic E-state index is 10.6. The van der Waals surface area contributed by atoms with Crippen molar-refractivity contribution in [3.63, 3.8) is 0 Å². The van der Waals surface area contributed by atoms with E-state index in [0.717, 1.165) is 0 Å². The summed E-state index contributed by atoms with van der Waals surface area (Å²) in [5, 5.41) is 0. The van der Waals surface area contributed by atoms with Gasteiger partial charge >= 0.3 is 5.69 Å². The molecule has 2 rings (SSSR count). The molecular formula is C8H10N2O. The van der Waals surface area contributed by atoms with Gasteiger partial charge in [0.25, 0.3) is 0 Å². The molecule has 1 fully saturated rings. The fourth-order valence-corrected chi connectivity index (χ4v) is 1.32. The second kappa shape index (κ2) is 2.49. The molecule has 1 N–H and O–H groups in total. The molecule has 0 spiro atoms. The number of H-pyrrole nitrogens is 1. The zero-order chi connectivity index (χ0) is 7.68. The van der Waals surface area contributed by atoms with Crippen LogP contribution in [0.5, 0.6) is 0 Å². The molecule has 3 nitrogen and oxygen atoms in total. The van der Waals surface area contributed by atoms with E-state index in [1.54, 1.807) is 12.4 Å². The molecule has 0 unspecified atom stereocenters. The SMILES string of the molecule is O=c1ncc(C2CCC2)c[nH]1. The predicted octanol–water partition coefficient (Wildman–Crippen LogP) is 1.04. The summed E-state index contributed by atoms with van der Waals surface area (Å²) >= 11 is 0. The van der Waals surface area contributed by atoms with Crippen LogP contribution in [-0.4, -0.2) is 9.97 Å². The van der Waals surface area contributed by atoms with E-state index in [-0.39, 0.29) is 5.69 Å². The van der Waals surface area contributed by atoms with Gasteiger partial charge in [0.15, 0.2) is 0 Å². The fraction of sp³-hybridized carbons (Fsp3) is 0.500. The molecule has 0 saturated heterocycles. The molecule has 1 heterocycles. The minimum Gasteiger partial charge on any atom is -0.312 e. The highest BCUT2D eigenvalue weighted by atomic mass is 16.1. The summed E-state index contributed by atoms with van der Waals surface area (Å²) in [6.45, 7) is 0. The minimum absolute atomic E-state index is 0.256. The number of hydrogen-bond donors (Lipinski definition) is 1. The Labute approximate surface area is 64.5 Å². The van der Waals surface area contributed by atoms with Gasteiger partial charge in [-0.05, 0) is 24.3 Å². The highest BCUT2D eigenvalue weighted by Crippen LogP contribution is 2.35. The first-order valence-electron chi connectivity index (χ1n) is 3.91. The molecule has 11 heavy (non-hydrogen) atoms. The van der Waals surface area contributed by atoms with E-state index in [2.05, 4.69) is 9.97 Å². The second-order valence-corrected chi connectivity index (χ2v) is 2.98. The molecule has 3 heteroatoms. The molecule has 0 atom stereocenters. The lowest BCUT2D eigenvalue weighted by atomic mass is 9.81. The van der Waals surface area contributed by atoms with Crippen molar-refractivity contribution in [1.29, 1.82) is 0 Å². The third-order valence-corrected chi connectivity index (χ3v) is 2.27. The van der Waals surface area contributed by atoms with Crippen LogP contribution in [0.3, 0.4) is 0 Å². The van der Waals surface area contributed by atoms with Crippen molar-refractivity contribution < 1.29 is 0 Å². The molecule has 1 aliphatic rings. The van der Waals surface area contributed by atoms with Gasteiger partial charge in [-0.15, -0.1) is 0 Å². The van der Waals surface area contributed by atoms with Crippen molar-refractivity contribution in [2.24, 2.45) is 0 Å². The van der Waals surface area contributed by atoms with Crippen molar-refractivity contribution in [2.45, 2.75) is 25.2 Å². The first-order valence-corrected chi connectivity index (χ1v) is 3.91. The first-order chi connectivity index (χ1) is 5.36. The molecular weight excluding hydrogens is 140 g/mol. The molecule has 0 bridgehead atoms. The Morgan fingerprint density at radius 3 is 2.82 bits per heavy atom. The Bertz CT molecular complexity index is 281. The molecule has 1 aromatic heterocycles. The summed E-state index contributed by atoms with van der Waals surface area (Å²) in [6.07, 6.45) is 7.26. The number of aromatic nitrogens is 2. The summed E-state index contributed by atoms with van der Waals surface area (Å²) in [5.41, 5.74) is 0.920. The Kier molecular flexibility index (Phi) is 1.49. The van der Waals surface area contributed by atoms with Crippen LogP contribution in [0.25, 0.3) is 0 Å². The highest BCUT2D eigenvalue weighted by molar-refractivity contribution is 5.12. The average Bonchev–Trinajstić information content (AvgIpc) is 1.90. The molecule has 0 aromatic carbocycles. The third kappa shape index (κ3) is 1.18. The normalized spacial score (nSPS) is 17.8. The molecule has 58 valence electrons. The maximum Gasteiger partial charge on any atom is 0.344 e. The van der Waals surface area contributed by atoms with Crippen molar-refractivity contribution in [1.82, 2.24) is 9.97 Å². The van der Waals surface area contributed by atoms with Crippen LogP contribution in [0.2, 0.25) is 0 Å². The van der Waals surface area contributed by atoms with Crippen molar-refractivity contribution in [2.75, 3.05) is 0 Å². The Balaban J connectivity index is 2.25. The van der Waals surface area contributed by atoms with E-state index >= 15 is 0 Å². The van der Waals surface area contributed by atoms with Gasteiger partial charge in [-0.25, -0.2) is 9.78 Å². The number of aromatic amines is 1. The van der Waals surface area contributed by atoms with Crippen LogP contribution in [0, 0.1) is 0 Å². The van der Waals surface area contributed by atoms with Gasteiger partial charge in [-0.3, -0.25) is 0 Å². The topological polar surface area (TPSA) is 45.8 Å². The zero-order valence-electron chi connectivity index (χ0n) is 6.21. The van der Waals surface area contributed by atoms with E-state index in [9.17, 15) is 4.79 Å². The first kappa shape index (κ1) is 6.58. The standard InChI is InChI=1S/C8H10N2O/c11-8-9-4-7(5-10-8)6-2-1-3-6/h4-6H,1-3H2,(H,9,10,11). The predicted molar refractivity (Wildman–Crippen MR) is 41.4 cm³/mol. The van der Waals surface area contributed by atoms with E-state index in [0.29, 0.717) is 5.92 Å². The minimum atomic E-state index is -0.256. The lowest BCUT2D eigenvalue weighted by Crippen LogP contribution is -2.14. The Hall–Kier alpha value is -1.12. The summed E-state index contributed by atoms with van der Waals surface area (Å²) in [6, 6.07) is 0. The van der Waals surface area contributed by atoms with E-state index in [4.69, 9.17) is 0 Å². The fourth-order valence-electron chi connectivity index (χ4n) is 1.32. The lowest BCUT2D eigenvalue weighted by molar-refractivity contribution is 0.417. The molecule has 0 amide bonds. The summed E-state index contributed by atoms with van der Waals surface area (Å²) in [5.74, 6) is 0.652. The van der Waals surface area contributed by atoms with Crippen LogP contribution < -0.4 is 5.69 Å². The summed E-state index contributed by atoms with van der Waals surface area (Å²) in [4.78, 5) is 16.8. The summed E-state index contributed by atoms with van der Waals surface area (Å²) in [7, 11) is 0. The lowest BCUT2D eigenvalue weighted by Gasteiger charge is -2.24. The second-order valence-electron chi connectivity index (χ2n) is 2.98. The van der Waals surface area contributed by atoms with Crippen LogP contribution in [-0.2, 0) is 0 Å². The van der Waals surface area contributed by atoms with Crippen molar-refractivity contribution >= 4 is 0 Å². The number of nitrogens with one attached hydrogen (secondary N) is 1. The quantitative estimate of drug-likeness (QED) is 0.650. The van der Waals surface area contributed by atoms with Gasteiger partial charge < -0.3 is 4.98 Å². The Morgan fingerprint density at radius 1 is 1.55 bits per heavy atom. The van der Waals surface area contributed by atoms with Crippen LogP contribution in [0.1, 0.15) is 30.7 Å². The van der Waals surface area contributed by atoms with Crippen LogP contribution in [0.4, 0.5) is 0 Å². The molecule has 0 aliphatic heterocycles. The molecule has 0 radical (unpaired) electrons. The van der Waals surface area contributed by atoms with Gasteiger partial charge in [-0.2, -0.15) is 0 Å². The molecule has 1 aliphatic carbocycles. The highest BCUT2D eigenvalue weighted by Gasteiger charge is 2.19. The number of hydrogen-bond acceptors (Lipinski definition) is 2. The van der Waals surface area contributed by atoms with Crippen LogP contribution in [0.15, 0.2) is 17.2 Å². The monoisotopic (exact) mass is 150 g/mol. The van der Waals surface area contributed by atoms with Crippen LogP contribution >= 0.6 is 0 Å². The van der Waals surface area contributed by atoms with E-state index < -0.39 is 0 Å². The maximum absolute atomic E-state index is 10.6. The van der Waals surface area contributed by atoms with Crippen molar-refractivity contribution in [3.05, 3.63) is 28.4 Å². The largest absolute Gasteiger partial charge is 0.344 e. The molecule has 1 saturated carbocycles. The average molecular weight is 150 g/mol. The third-order valence-electron chi connectivity index (χ3n) is 2.27. The zero-order valence-corrected chi connectivity index (χ0v) is 6.21. The van der Waals surface area contributed by atoms with Gasteiger partial charge in [0.05, 0.1) is 0 Å². The summed E-state index contributed by atoms with van der Waals surface area (Å²) < 4.78 is 0. The van der Waals surface area contributed by atoms with Gasteiger partial charge in [-0.1, -0.05) is 6.42 Å². The van der Waals surface area contributed by atoms with Gasteiger partial charge in [0.2, 0.25) is 0 Å². The smallest absolute Gasteiger partial charge is 0.312 e. The number of rotatable bonds is 1. The van der Waals surface area contributed by atoms with Gasteiger partial charge in [0, 0.05) is 12.4 Å². The van der Waals surface area contributed by atoms with Crippen molar-refractivity contribution in [3.8, 4) is 0 Å².